The minimum absolute atomic E-state index is 0.160. The van der Waals surface area contributed by atoms with Crippen LogP contribution < -0.4 is 10.4 Å². The first-order chi connectivity index (χ1) is 14.5. The summed E-state index contributed by atoms with van der Waals surface area (Å²) >= 11 is 1.52. The molecule has 0 bridgehead atoms. The second kappa shape index (κ2) is 8.87. The third-order valence-corrected chi connectivity index (χ3v) is 6.57. The van der Waals surface area contributed by atoms with Crippen molar-refractivity contribution < 1.29 is 9.53 Å². The number of thiophene rings is 1. The molecule has 8 heteroatoms. The fourth-order valence-electron chi connectivity index (χ4n) is 4.07. The number of carbonyl (C=O) groups is 1. The highest BCUT2D eigenvalue weighted by molar-refractivity contribution is 7.12. The molecule has 1 aliphatic rings. The summed E-state index contributed by atoms with van der Waals surface area (Å²) in [6.45, 7) is 3.47. The second-order valence-electron chi connectivity index (χ2n) is 7.74. The van der Waals surface area contributed by atoms with Crippen molar-refractivity contribution in [3.63, 3.8) is 0 Å². The van der Waals surface area contributed by atoms with Crippen LogP contribution in [0.15, 0.2) is 40.5 Å². The van der Waals surface area contributed by atoms with Crippen LogP contribution in [0.4, 0.5) is 0 Å². The molecule has 1 amide bonds. The standard InChI is InChI=1S/C22H26N4O3S/c1-15-12-17(5-6-18(15)29-2)14-20(27)25-9-7-16(8-10-25)13-19-23-24-22(28)26(19)21-4-3-11-30-21/h3-6,11-12,16H,7-10,13-14H2,1-2H3,(H,24,28). The van der Waals surface area contributed by atoms with E-state index in [2.05, 4.69) is 10.2 Å². The molecule has 0 saturated carbocycles. The van der Waals surface area contributed by atoms with Crippen molar-refractivity contribution in [1.29, 1.82) is 0 Å². The molecule has 0 radical (unpaired) electrons. The number of nitrogens with zero attached hydrogens (tertiary/aromatic N) is 3. The molecule has 4 rings (SSSR count). The molecule has 3 heterocycles. The van der Waals surface area contributed by atoms with Gasteiger partial charge >= 0.3 is 5.69 Å². The summed E-state index contributed by atoms with van der Waals surface area (Å²) in [6, 6.07) is 9.74. The summed E-state index contributed by atoms with van der Waals surface area (Å²) in [5.41, 5.74) is 1.85. The van der Waals surface area contributed by atoms with Gasteiger partial charge in [-0.05, 0) is 60.4 Å². The van der Waals surface area contributed by atoms with Crippen LogP contribution in [0.5, 0.6) is 5.75 Å². The lowest BCUT2D eigenvalue weighted by atomic mass is 9.93. The number of aromatic nitrogens is 3. The molecular formula is C22H26N4O3S. The van der Waals surface area contributed by atoms with Gasteiger partial charge < -0.3 is 9.64 Å². The molecule has 1 fully saturated rings. The summed E-state index contributed by atoms with van der Waals surface area (Å²) in [7, 11) is 1.65. The van der Waals surface area contributed by atoms with E-state index in [-0.39, 0.29) is 11.6 Å². The van der Waals surface area contributed by atoms with Gasteiger partial charge in [0.25, 0.3) is 0 Å². The van der Waals surface area contributed by atoms with E-state index in [0.717, 1.165) is 60.1 Å². The molecule has 30 heavy (non-hydrogen) atoms. The Hall–Kier alpha value is -2.87. The maximum absolute atomic E-state index is 12.7. The van der Waals surface area contributed by atoms with Gasteiger partial charge in [-0.1, -0.05) is 12.1 Å². The Morgan fingerprint density at radius 3 is 2.77 bits per heavy atom. The van der Waals surface area contributed by atoms with Crippen LogP contribution in [0.2, 0.25) is 0 Å². The molecule has 1 N–H and O–H groups in total. The number of methoxy groups -OCH3 is 1. The molecule has 0 aliphatic carbocycles. The highest BCUT2D eigenvalue weighted by Crippen LogP contribution is 2.24. The van der Waals surface area contributed by atoms with Crippen molar-refractivity contribution in [2.45, 2.75) is 32.6 Å². The van der Waals surface area contributed by atoms with Crippen molar-refractivity contribution in [1.82, 2.24) is 19.7 Å². The zero-order valence-electron chi connectivity index (χ0n) is 17.3. The predicted molar refractivity (Wildman–Crippen MR) is 117 cm³/mol. The normalized spacial score (nSPS) is 14.8. The quantitative estimate of drug-likeness (QED) is 0.657. The Kier molecular flexibility index (Phi) is 6.03. The number of nitrogens with one attached hydrogen (secondary N) is 1. The number of likely N-dealkylation sites (tertiary alicyclic amines) is 1. The SMILES string of the molecule is COc1ccc(CC(=O)N2CCC(Cc3n[nH]c(=O)n3-c3cccs3)CC2)cc1C. The number of piperidine rings is 1. The van der Waals surface area contributed by atoms with Crippen LogP contribution >= 0.6 is 11.3 Å². The number of ether oxygens (including phenoxy) is 1. The van der Waals surface area contributed by atoms with E-state index in [1.54, 1.807) is 11.7 Å². The third-order valence-electron chi connectivity index (χ3n) is 5.72. The van der Waals surface area contributed by atoms with Crippen molar-refractivity contribution >= 4 is 17.2 Å². The van der Waals surface area contributed by atoms with Crippen LogP contribution in [0, 0.1) is 12.8 Å². The van der Waals surface area contributed by atoms with Crippen LogP contribution in [-0.4, -0.2) is 45.8 Å². The van der Waals surface area contributed by atoms with Crippen molar-refractivity contribution in [3.05, 3.63) is 63.1 Å². The fourth-order valence-corrected chi connectivity index (χ4v) is 4.82. The lowest BCUT2D eigenvalue weighted by Crippen LogP contribution is -2.39. The molecule has 3 aromatic rings. The third kappa shape index (κ3) is 4.33. The smallest absolute Gasteiger partial charge is 0.348 e. The molecule has 1 saturated heterocycles. The van der Waals surface area contributed by atoms with E-state index in [0.29, 0.717) is 12.3 Å². The van der Waals surface area contributed by atoms with Crippen molar-refractivity contribution in [2.24, 2.45) is 5.92 Å². The highest BCUT2D eigenvalue weighted by Gasteiger charge is 2.25. The average Bonchev–Trinajstić information content (AvgIpc) is 3.38. The molecule has 1 aromatic carbocycles. The van der Waals surface area contributed by atoms with Gasteiger partial charge in [-0.15, -0.1) is 11.3 Å². The van der Waals surface area contributed by atoms with Gasteiger partial charge in [-0.2, -0.15) is 5.10 Å². The van der Waals surface area contributed by atoms with Gasteiger partial charge in [0.05, 0.1) is 13.5 Å². The Morgan fingerprint density at radius 2 is 2.10 bits per heavy atom. The Balaban J connectivity index is 1.34. The predicted octanol–water partition coefficient (Wildman–Crippen LogP) is 2.96. The van der Waals surface area contributed by atoms with Gasteiger partial charge in [0.15, 0.2) is 0 Å². The number of benzene rings is 1. The fraction of sp³-hybridized carbons (Fsp3) is 0.409. The van der Waals surface area contributed by atoms with Gasteiger partial charge in [0.1, 0.15) is 16.6 Å². The number of H-pyrrole nitrogens is 1. The minimum atomic E-state index is -0.199. The van der Waals surface area contributed by atoms with Gasteiger partial charge in [-0.25, -0.2) is 14.5 Å². The second-order valence-corrected chi connectivity index (χ2v) is 8.67. The molecule has 2 aromatic heterocycles. The number of amides is 1. The molecule has 1 aliphatic heterocycles. The van der Waals surface area contributed by atoms with Crippen molar-refractivity contribution in [3.8, 4) is 10.8 Å². The van der Waals surface area contributed by atoms with E-state index >= 15 is 0 Å². The Bertz CT molecular complexity index is 1060. The van der Waals surface area contributed by atoms with E-state index < -0.39 is 0 Å². The van der Waals surface area contributed by atoms with E-state index in [9.17, 15) is 9.59 Å². The maximum Gasteiger partial charge on any atom is 0.348 e. The Labute approximate surface area is 179 Å². The monoisotopic (exact) mass is 426 g/mol. The van der Waals surface area contributed by atoms with Crippen molar-refractivity contribution in [2.75, 3.05) is 20.2 Å². The number of aromatic amines is 1. The van der Waals surface area contributed by atoms with E-state index in [4.69, 9.17) is 4.74 Å². The highest BCUT2D eigenvalue weighted by atomic mass is 32.1. The molecular weight excluding hydrogens is 400 g/mol. The zero-order chi connectivity index (χ0) is 21.1. The van der Waals surface area contributed by atoms with Gasteiger partial charge in [0.2, 0.25) is 5.91 Å². The number of hydrogen-bond acceptors (Lipinski definition) is 5. The van der Waals surface area contributed by atoms with E-state index in [1.165, 1.54) is 11.3 Å². The van der Waals surface area contributed by atoms with Crippen LogP contribution in [0.25, 0.3) is 5.00 Å². The first-order valence-corrected chi connectivity index (χ1v) is 11.0. The summed E-state index contributed by atoms with van der Waals surface area (Å²) in [5, 5.41) is 9.64. The lowest BCUT2D eigenvalue weighted by molar-refractivity contribution is -0.131. The lowest BCUT2D eigenvalue weighted by Gasteiger charge is -2.32. The summed E-state index contributed by atoms with van der Waals surface area (Å²) in [4.78, 5) is 26.8. The average molecular weight is 427 g/mol. The number of rotatable bonds is 6. The van der Waals surface area contributed by atoms with Crippen LogP contribution in [-0.2, 0) is 17.6 Å². The first kappa shape index (κ1) is 20.4. The topological polar surface area (TPSA) is 80.2 Å². The summed E-state index contributed by atoms with van der Waals surface area (Å²) in [5.74, 6) is 2.17. The summed E-state index contributed by atoms with van der Waals surface area (Å²) in [6.07, 6.45) is 2.97. The number of aryl methyl sites for hydroxylation is 1. The van der Waals surface area contributed by atoms with Gasteiger partial charge in [-0.3, -0.25) is 4.79 Å². The largest absolute Gasteiger partial charge is 0.496 e. The first-order valence-electron chi connectivity index (χ1n) is 10.2. The van der Waals surface area contributed by atoms with Gasteiger partial charge in [0, 0.05) is 19.5 Å². The maximum atomic E-state index is 12.7. The number of hydrogen-bond donors (Lipinski definition) is 1. The summed E-state index contributed by atoms with van der Waals surface area (Å²) < 4.78 is 6.95. The number of carbonyl (C=O) groups excluding carboxylic acids is 1. The molecule has 7 nitrogen and oxygen atoms in total. The Morgan fingerprint density at radius 1 is 1.30 bits per heavy atom. The van der Waals surface area contributed by atoms with Crippen LogP contribution in [0.3, 0.4) is 0 Å². The van der Waals surface area contributed by atoms with E-state index in [1.807, 2.05) is 47.5 Å². The molecule has 0 atom stereocenters. The molecule has 158 valence electrons. The minimum Gasteiger partial charge on any atom is -0.496 e. The van der Waals surface area contributed by atoms with Crippen LogP contribution in [0.1, 0.15) is 29.8 Å². The zero-order valence-corrected chi connectivity index (χ0v) is 18.1. The molecule has 0 spiro atoms. The molecule has 0 unspecified atom stereocenters.